The molecule has 2 rings (SSSR count). The van der Waals surface area contributed by atoms with Gasteiger partial charge in [0.1, 0.15) is 11.6 Å². The first-order chi connectivity index (χ1) is 9.10. The molecule has 0 saturated carbocycles. The molecule has 0 fully saturated rings. The third-order valence-corrected chi connectivity index (χ3v) is 2.88. The second-order valence-electron chi connectivity index (χ2n) is 4.27. The molecule has 0 aliphatic heterocycles. The SMILES string of the molecule is CCCNc1cc(C)nc(-c2ccc(F)c(Cl)c2)n1. The zero-order chi connectivity index (χ0) is 13.8. The van der Waals surface area contributed by atoms with E-state index in [9.17, 15) is 4.39 Å². The van der Waals surface area contributed by atoms with Gasteiger partial charge in [-0.25, -0.2) is 14.4 Å². The second-order valence-corrected chi connectivity index (χ2v) is 4.68. The normalized spacial score (nSPS) is 10.5. The molecule has 1 aromatic carbocycles. The summed E-state index contributed by atoms with van der Waals surface area (Å²) in [4.78, 5) is 8.76. The van der Waals surface area contributed by atoms with E-state index in [-0.39, 0.29) is 5.02 Å². The molecule has 0 atom stereocenters. The van der Waals surface area contributed by atoms with Crippen molar-refractivity contribution < 1.29 is 4.39 Å². The molecule has 0 bridgehead atoms. The zero-order valence-electron chi connectivity index (χ0n) is 10.9. The number of nitrogens with zero attached hydrogens (tertiary/aromatic N) is 2. The summed E-state index contributed by atoms with van der Waals surface area (Å²) in [5.41, 5.74) is 1.55. The number of aryl methyl sites for hydroxylation is 1. The molecule has 5 heteroatoms. The minimum Gasteiger partial charge on any atom is -0.370 e. The summed E-state index contributed by atoms with van der Waals surface area (Å²) in [6.45, 7) is 4.83. The largest absolute Gasteiger partial charge is 0.370 e. The van der Waals surface area contributed by atoms with E-state index in [1.807, 2.05) is 13.0 Å². The molecule has 0 saturated heterocycles. The number of rotatable bonds is 4. The Balaban J connectivity index is 2.37. The van der Waals surface area contributed by atoms with Crippen molar-refractivity contribution in [2.75, 3.05) is 11.9 Å². The lowest BCUT2D eigenvalue weighted by molar-refractivity contribution is 0.628. The van der Waals surface area contributed by atoms with E-state index in [0.29, 0.717) is 11.4 Å². The zero-order valence-corrected chi connectivity index (χ0v) is 11.6. The lowest BCUT2D eigenvalue weighted by atomic mass is 10.2. The smallest absolute Gasteiger partial charge is 0.161 e. The van der Waals surface area contributed by atoms with E-state index in [2.05, 4.69) is 22.2 Å². The predicted molar refractivity (Wildman–Crippen MR) is 76.0 cm³/mol. The van der Waals surface area contributed by atoms with Crippen molar-refractivity contribution in [2.24, 2.45) is 0 Å². The van der Waals surface area contributed by atoms with Crippen molar-refractivity contribution in [1.82, 2.24) is 9.97 Å². The third-order valence-electron chi connectivity index (χ3n) is 2.59. The highest BCUT2D eigenvalue weighted by Gasteiger charge is 2.07. The van der Waals surface area contributed by atoms with Crippen LogP contribution in [0.4, 0.5) is 10.2 Å². The van der Waals surface area contributed by atoms with Crippen LogP contribution in [0.3, 0.4) is 0 Å². The van der Waals surface area contributed by atoms with Gasteiger partial charge in [-0.1, -0.05) is 18.5 Å². The minimum atomic E-state index is -0.442. The maximum atomic E-state index is 13.2. The third kappa shape index (κ3) is 3.41. The number of halogens is 2. The molecule has 0 unspecified atom stereocenters. The molecule has 3 nitrogen and oxygen atoms in total. The summed E-state index contributed by atoms with van der Waals surface area (Å²) >= 11 is 5.78. The number of hydrogen-bond acceptors (Lipinski definition) is 3. The summed E-state index contributed by atoms with van der Waals surface area (Å²) in [5.74, 6) is 0.868. The number of anilines is 1. The van der Waals surface area contributed by atoms with Crippen LogP contribution >= 0.6 is 11.6 Å². The standard InChI is InChI=1S/C14H15ClFN3/c1-3-6-17-13-7-9(2)18-14(19-13)10-4-5-12(16)11(15)8-10/h4-5,7-8H,3,6H2,1-2H3,(H,17,18,19). The van der Waals surface area contributed by atoms with Crippen molar-refractivity contribution >= 4 is 17.4 Å². The van der Waals surface area contributed by atoms with Crippen molar-refractivity contribution in [3.63, 3.8) is 0 Å². The maximum Gasteiger partial charge on any atom is 0.161 e. The summed E-state index contributed by atoms with van der Waals surface area (Å²) in [5, 5.41) is 3.29. The number of benzene rings is 1. The van der Waals surface area contributed by atoms with Crippen LogP contribution in [0.25, 0.3) is 11.4 Å². The Kier molecular flexibility index (Phi) is 4.32. The molecule has 0 spiro atoms. The molecule has 19 heavy (non-hydrogen) atoms. The molecule has 1 aromatic heterocycles. The van der Waals surface area contributed by atoms with Crippen LogP contribution in [-0.2, 0) is 0 Å². The van der Waals surface area contributed by atoms with Crippen molar-refractivity contribution in [2.45, 2.75) is 20.3 Å². The summed E-state index contributed by atoms with van der Waals surface area (Å²) < 4.78 is 13.2. The van der Waals surface area contributed by atoms with Crippen LogP contribution in [0.1, 0.15) is 19.0 Å². The van der Waals surface area contributed by atoms with Gasteiger partial charge in [0.2, 0.25) is 0 Å². The van der Waals surface area contributed by atoms with Gasteiger partial charge in [-0.15, -0.1) is 0 Å². The Hall–Kier alpha value is -1.68. The highest BCUT2D eigenvalue weighted by Crippen LogP contribution is 2.23. The van der Waals surface area contributed by atoms with Crippen LogP contribution < -0.4 is 5.32 Å². The minimum absolute atomic E-state index is 0.0747. The Morgan fingerprint density at radius 3 is 2.74 bits per heavy atom. The topological polar surface area (TPSA) is 37.8 Å². The molecular weight excluding hydrogens is 265 g/mol. The molecule has 1 heterocycles. The van der Waals surface area contributed by atoms with Crippen LogP contribution in [0.15, 0.2) is 24.3 Å². The van der Waals surface area contributed by atoms with Crippen LogP contribution in [0, 0.1) is 12.7 Å². The summed E-state index contributed by atoms with van der Waals surface area (Å²) in [6.07, 6.45) is 1.01. The average Bonchev–Trinajstić information content (AvgIpc) is 2.39. The van der Waals surface area contributed by atoms with Gasteiger partial charge in [-0.2, -0.15) is 0 Å². The van der Waals surface area contributed by atoms with Crippen molar-refractivity contribution in [3.05, 3.63) is 40.8 Å². The fraction of sp³-hybridized carbons (Fsp3) is 0.286. The van der Waals surface area contributed by atoms with E-state index in [1.54, 1.807) is 6.07 Å². The molecular formula is C14H15ClFN3. The monoisotopic (exact) mass is 279 g/mol. The number of hydrogen-bond donors (Lipinski definition) is 1. The Bertz CT molecular complexity index is 587. The fourth-order valence-electron chi connectivity index (χ4n) is 1.68. The average molecular weight is 280 g/mol. The number of aromatic nitrogens is 2. The van der Waals surface area contributed by atoms with Gasteiger partial charge < -0.3 is 5.32 Å². The van der Waals surface area contributed by atoms with E-state index in [4.69, 9.17) is 11.6 Å². The Morgan fingerprint density at radius 2 is 2.05 bits per heavy atom. The maximum absolute atomic E-state index is 13.2. The van der Waals surface area contributed by atoms with Crippen molar-refractivity contribution in [3.8, 4) is 11.4 Å². The van der Waals surface area contributed by atoms with E-state index >= 15 is 0 Å². The molecule has 0 radical (unpaired) electrons. The van der Waals surface area contributed by atoms with Gasteiger partial charge >= 0.3 is 0 Å². The first-order valence-electron chi connectivity index (χ1n) is 6.15. The quantitative estimate of drug-likeness (QED) is 0.917. The molecule has 2 aromatic rings. The highest BCUT2D eigenvalue weighted by atomic mass is 35.5. The van der Waals surface area contributed by atoms with Crippen LogP contribution in [-0.4, -0.2) is 16.5 Å². The van der Waals surface area contributed by atoms with Crippen LogP contribution in [0.2, 0.25) is 5.02 Å². The van der Waals surface area contributed by atoms with E-state index < -0.39 is 5.82 Å². The van der Waals surface area contributed by atoms with Crippen molar-refractivity contribution in [1.29, 1.82) is 0 Å². The summed E-state index contributed by atoms with van der Waals surface area (Å²) in [6, 6.07) is 6.36. The second kappa shape index (κ2) is 5.97. The predicted octanol–water partition coefficient (Wildman–Crippen LogP) is 4.07. The lowest BCUT2D eigenvalue weighted by Crippen LogP contribution is -2.04. The summed E-state index contributed by atoms with van der Waals surface area (Å²) in [7, 11) is 0. The van der Waals surface area contributed by atoms with Gasteiger partial charge in [0, 0.05) is 23.9 Å². The first kappa shape index (κ1) is 13.7. The lowest BCUT2D eigenvalue weighted by Gasteiger charge is -2.08. The van der Waals surface area contributed by atoms with Gasteiger partial charge in [0.25, 0.3) is 0 Å². The van der Waals surface area contributed by atoms with Gasteiger partial charge in [-0.3, -0.25) is 0 Å². The van der Waals surface area contributed by atoms with Gasteiger partial charge in [-0.05, 0) is 31.5 Å². The molecule has 0 amide bonds. The van der Waals surface area contributed by atoms with Gasteiger partial charge in [0.15, 0.2) is 5.82 Å². The fourth-order valence-corrected chi connectivity index (χ4v) is 1.86. The highest BCUT2D eigenvalue weighted by molar-refractivity contribution is 6.31. The Labute approximate surface area is 116 Å². The van der Waals surface area contributed by atoms with E-state index in [0.717, 1.165) is 24.5 Å². The number of nitrogens with one attached hydrogen (secondary N) is 1. The Morgan fingerprint density at radius 1 is 1.26 bits per heavy atom. The first-order valence-corrected chi connectivity index (χ1v) is 6.53. The van der Waals surface area contributed by atoms with Crippen LogP contribution in [0.5, 0.6) is 0 Å². The van der Waals surface area contributed by atoms with Gasteiger partial charge in [0.05, 0.1) is 5.02 Å². The molecule has 0 aliphatic rings. The molecule has 1 N–H and O–H groups in total. The molecule has 100 valence electrons. The van der Waals surface area contributed by atoms with E-state index in [1.165, 1.54) is 12.1 Å². The molecule has 0 aliphatic carbocycles.